The predicted molar refractivity (Wildman–Crippen MR) is 115 cm³/mol. The van der Waals surface area contributed by atoms with E-state index in [0.717, 1.165) is 24.0 Å². The number of nitrogens with two attached hydrogens (primary N) is 1. The summed E-state index contributed by atoms with van der Waals surface area (Å²) < 4.78 is 5.79. The van der Waals surface area contributed by atoms with Crippen molar-refractivity contribution in [2.75, 3.05) is 0 Å². The van der Waals surface area contributed by atoms with Crippen molar-refractivity contribution in [3.8, 4) is 0 Å². The van der Waals surface area contributed by atoms with E-state index in [4.69, 9.17) is 10.5 Å². The molecule has 0 radical (unpaired) electrons. The molecule has 4 rings (SSSR count). The molecule has 0 aromatic heterocycles. The molecule has 2 saturated carbocycles. The molecule has 2 fully saturated rings. The third-order valence-electron chi connectivity index (χ3n) is 6.65. The van der Waals surface area contributed by atoms with Gasteiger partial charge in [0.05, 0.1) is 13.2 Å². The van der Waals surface area contributed by atoms with Crippen LogP contribution in [0.1, 0.15) is 48.8 Å². The fraction of sp³-hybridized carbons (Fsp3) is 0.480. The third kappa shape index (κ3) is 5.26. The van der Waals surface area contributed by atoms with E-state index in [9.17, 15) is 4.79 Å². The van der Waals surface area contributed by atoms with Crippen LogP contribution in [0.2, 0.25) is 0 Å². The molecule has 2 unspecified atom stereocenters. The Kier molecular flexibility index (Phi) is 6.63. The van der Waals surface area contributed by atoms with Gasteiger partial charge in [-0.1, -0.05) is 61.0 Å². The van der Waals surface area contributed by atoms with Gasteiger partial charge in [0.1, 0.15) is 0 Å². The maximum absolute atomic E-state index is 12.7. The molecule has 0 saturated heterocycles. The monoisotopic (exact) mass is 392 g/mol. The lowest BCUT2D eigenvalue weighted by Crippen LogP contribution is -2.49. The molecule has 3 N–H and O–H groups in total. The van der Waals surface area contributed by atoms with E-state index in [0.29, 0.717) is 37.6 Å². The molecule has 29 heavy (non-hydrogen) atoms. The van der Waals surface area contributed by atoms with Crippen LogP contribution in [-0.4, -0.2) is 11.9 Å². The predicted octanol–water partition coefficient (Wildman–Crippen LogP) is 4.17. The highest BCUT2D eigenvalue weighted by atomic mass is 16.5. The number of nitrogens with one attached hydrogen (secondary N) is 1. The van der Waals surface area contributed by atoms with Crippen LogP contribution in [0.4, 0.5) is 0 Å². The van der Waals surface area contributed by atoms with Gasteiger partial charge in [-0.05, 0) is 54.2 Å². The quantitative estimate of drug-likeness (QED) is 0.743. The Bertz CT molecular complexity index is 776. The van der Waals surface area contributed by atoms with Crippen LogP contribution in [0.5, 0.6) is 0 Å². The minimum atomic E-state index is 0.135. The van der Waals surface area contributed by atoms with Crippen molar-refractivity contribution in [2.24, 2.45) is 23.5 Å². The summed E-state index contributed by atoms with van der Waals surface area (Å²) in [5.41, 5.74) is 9.80. The molecule has 2 aromatic rings. The smallest absolute Gasteiger partial charge is 0.223 e. The van der Waals surface area contributed by atoms with Crippen LogP contribution in [0.25, 0.3) is 0 Å². The van der Waals surface area contributed by atoms with Crippen LogP contribution >= 0.6 is 0 Å². The van der Waals surface area contributed by atoms with E-state index in [-0.39, 0.29) is 11.8 Å². The Hall–Kier alpha value is -2.17. The second kappa shape index (κ2) is 9.55. The largest absolute Gasteiger partial charge is 0.372 e. The Morgan fingerprint density at radius 3 is 2.14 bits per heavy atom. The van der Waals surface area contributed by atoms with Crippen LogP contribution in [-0.2, 0) is 29.3 Å². The van der Waals surface area contributed by atoms with Crippen LogP contribution < -0.4 is 11.1 Å². The van der Waals surface area contributed by atoms with Gasteiger partial charge in [-0.2, -0.15) is 0 Å². The number of ether oxygens (including phenoxy) is 1. The highest BCUT2D eigenvalue weighted by Gasteiger charge is 2.40. The van der Waals surface area contributed by atoms with Gasteiger partial charge in [-0.3, -0.25) is 4.79 Å². The maximum atomic E-state index is 12.7. The molecule has 2 aliphatic carbocycles. The first-order chi connectivity index (χ1) is 14.2. The molecule has 2 bridgehead atoms. The van der Waals surface area contributed by atoms with E-state index in [2.05, 4.69) is 41.7 Å². The second-order valence-electron chi connectivity index (χ2n) is 8.71. The van der Waals surface area contributed by atoms with Crippen molar-refractivity contribution in [1.29, 1.82) is 0 Å². The van der Waals surface area contributed by atoms with Gasteiger partial charge in [0.2, 0.25) is 5.91 Å². The lowest BCUT2D eigenvalue weighted by Gasteiger charge is -2.43. The molecule has 154 valence electrons. The summed E-state index contributed by atoms with van der Waals surface area (Å²) >= 11 is 0. The zero-order valence-electron chi connectivity index (χ0n) is 17.1. The van der Waals surface area contributed by atoms with Crippen molar-refractivity contribution < 1.29 is 9.53 Å². The average Bonchev–Trinajstić information content (AvgIpc) is 2.73. The van der Waals surface area contributed by atoms with Crippen molar-refractivity contribution in [2.45, 2.75) is 57.9 Å². The first-order valence-electron chi connectivity index (χ1n) is 10.9. The van der Waals surface area contributed by atoms with Crippen molar-refractivity contribution in [3.63, 3.8) is 0 Å². The minimum absolute atomic E-state index is 0.135. The number of hydrogen-bond donors (Lipinski definition) is 2. The van der Waals surface area contributed by atoms with Gasteiger partial charge in [0.25, 0.3) is 0 Å². The van der Waals surface area contributed by atoms with E-state index in [1.165, 1.54) is 24.8 Å². The summed E-state index contributed by atoms with van der Waals surface area (Å²) in [6, 6.07) is 18.8. The summed E-state index contributed by atoms with van der Waals surface area (Å²) in [6.45, 7) is 1.79. The molecule has 4 nitrogen and oxygen atoms in total. The second-order valence-corrected chi connectivity index (χ2v) is 8.71. The van der Waals surface area contributed by atoms with Crippen molar-refractivity contribution in [1.82, 2.24) is 5.32 Å². The number of fused-ring (bicyclic) bond motifs is 2. The molecule has 0 heterocycles. The molecular formula is C25H32N2O2. The zero-order chi connectivity index (χ0) is 20.1. The topological polar surface area (TPSA) is 64.4 Å². The van der Waals surface area contributed by atoms with Gasteiger partial charge in [0, 0.05) is 18.5 Å². The van der Waals surface area contributed by atoms with Gasteiger partial charge >= 0.3 is 0 Å². The van der Waals surface area contributed by atoms with Gasteiger partial charge in [0.15, 0.2) is 0 Å². The first-order valence-corrected chi connectivity index (χ1v) is 10.9. The van der Waals surface area contributed by atoms with Gasteiger partial charge < -0.3 is 15.8 Å². The lowest BCUT2D eigenvalue weighted by atomic mass is 9.65. The Balaban J connectivity index is 1.21. The molecule has 1 amide bonds. The third-order valence-corrected chi connectivity index (χ3v) is 6.65. The Labute approximate surface area is 173 Å². The van der Waals surface area contributed by atoms with Crippen molar-refractivity contribution >= 4 is 5.91 Å². The number of carbonyl (C=O) groups excluding carboxylic acids is 1. The summed E-state index contributed by atoms with van der Waals surface area (Å²) in [6.07, 6.45) is 5.58. The van der Waals surface area contributed by atoms with Crippen LogP contribution in [0.15, 0.2) is 54.6 Å². The van der Waals surface area contributed by atoms with Crippen LogP contribution in [0, 0.1) is 17.8 Å². The number of benzene rings is 2. The molecule has 0 spiro atoms. The summed E-state index contributed by atoms with van der Waals surface area (Å²) in [5, 5.41) is 3.15. The lowest BCUT2D eigenvalue weighted by molar-refractivity contribution is -0.128. The summed E-state index contributed by atoms with van der Waals surface area (Å²) in [4.78, 5) is 12.7. The normalized spacial score (nSPS) is 26.1. The Morgan fingerprint density at radius 1 is 0.897 bits per heavy atom. The number of amides is 1. The summed E-state index contributed by atoms with van der Waals surface area (Å²) in [5.74, 6) is 1.40. The average molecular weight is 393 g/mol. The van der Waals surface area contributed by atoms with Gasteiger partial charge in [-0.25, -0.2) is 0 Å². The van der Waals surface area contributed by atoms with Gasteiger partial charge in [-0.15, -0.1) is 0 Å². The highest BCUT2D eigenvalue weighted by molar-refractivity contribution is 5.78. The van der Waals surface area contributed by atoms with E-state index in [1.54, 1.807) is 0 Å². The SMILES string of the molecule is NC1C2CCCC1CC(C(=O)NCc1ccc(COCc3ccccc3)cc1)C2. The number of rotatable bonds is 7. The summed E-state index contributed by atoms with van der Waals surface area (Å²) in [7, 11) is 0. The van der Waals surface area contributed by atoms with Crippen LogP contribution in [0.3, 0.4) is 0 Å². The highest BCUT2D eigenvalue weighted by Crippen LogP contribution is 2.41. The number of carbonyl (C=O) groups is 1. The fourth-order valence-corrected chi connectivity index (χ4v) is 4.95. The standard InChI is InChI=1S/C25H32N2O2/c26-24-21-7-4-8-22(24)14-23(13-21)25(28)27-15-18-9-11-20(12-10-18)17-29-16-19-5-2-1-3-6-19/h1-3,5-6,9-12,21-24H,4,7-8,13-17,26H2,(H,27,28). The molecule has 2 atom stereocenters. The van der Waals surface area contributed by atoms with E-state index in [1.807, 2.05) is 18.2 Å². The molecular weight excluding hydrogens is 360 g/mol. The number of hydrogen-bond acceptors (Lipinski definition) is 3. The molecule has 2 aliphatic rings. The fourth-order valence-electron chi connectivity index (χ4n) is 4.95. The Morgan fingerprint density at radius 2 is 1.48 bits per heavy atom. The minimum Gasteiger partial charge on any atom is -0.372 e. The molecule has 0 aliphatic heterocycles. The maximum Gasteiger partial charge on any atom is 0.223 e. The zero-order valence-corrected chi connectivity index (χ0v) is 17.1. The van der Waals surface area contributed by atoms with E-state index >= 15 is 0 Å². The van der Waals surface area contributed by atoms with Crippen molar-refractivity contribution in [3.05, 3.63) is 71.3 Å². The molecule has 2 aromatic carbocycles. The van der Waals surface area contributed by atoms with E-state index < -0.39 is 0 Å². The molecule has 4 heteroatoms. The first kappa shape index (κ1) is 20.1.